The molecule has 0 radical (unpaired) electrons. The highest BCUT2D eigenvalue weighted by Crippen LogP contribution is 2.59. The number of rotatable bonds is 3. The summed E-state index contributed by atoms with van der Waals surface area (Å²) >= 11 is 0. The van der Waals surface area contributed by atoms with E-state index in [0.717, 1.165) is 22.6 Å². The fraction of sp³-hybridized carbons (Fsp3) is 0.600. The maximum Gasteiger partial charge on any atom is 0.339 e. The quantitative estimate of drug-likeness (QED) is 0.484. The molecular formula is C25H33NO6Si. The maximum atomic E-state index is 13.3. The Hall–Kier alpha value is -2.48. The molecule has 178 valence electrons. The summed E-state index contributed by atoms with van der Waals surface area (Å²) in [5, 5.41) is -0.0291. The average Bonchev–Trinajstić information content (AvgIpc) is 3.39. The molecule has 1 amide bonds. The second kappa shape index (κ2) is 7.26. The summed E-state index contributed by atoms with van der Waals surface area (Å²) in [6.45, 7) is 11.7. The topological polar surface area (TPSA) is 74.3 Å². The second-order valence-electron chi connectivity index (χ2n) is 11.0. The van der Waals surface area contributed by atoms with Gasteiger partial charge < -0.3 is 23.5 Å². The van der Waals surface area contributed by atoms with Crippen molar-refractivity contribution >= 4 is 20.2 Å². The first-order valence-corrected chi connectivity index (χ1v) is 14.6. The van der Waals surface area contributed by atoms with Gasteiger partial charge in [-0.15, -0.1) is 0 Å². The van der Waals surface area contributed by atoms with Crippen molar-refractivity contribution in [3.8, 4) is 11.5 Å². The monoisotopic (exact) mass is 471 g/mol. The summed E-state index contributed by atoms with van der Waals surface area (Å²) in [4.78, 5) is 28.4. The van der Waals surface area contributed by atoms with Crippen LogP contribution >= 0.6 is 0 Å². The van der Waals surface area contributed by atoms with Crippen LogP contribution in [0, 0.1) is 0 Å². The van der Waals surface area contributed by atoms with Crippen LogP contribution in [0.2, 0.25) is 18.1 Å². The van der Waals surface area contributed by atoms with Gasteiger partial charge in [0.25, 0.3) is 0 Å². The lowest BCUT2D eigenvalue weighted by molar-refractivity contribution is -0.138. The minimum atomic E-state index is -2.23. The van der Waals surface area contributed by atoms with Gasteiger partial charge in [0, 0.05) is 25.3 Å². The number of methoxy groups -OCH3 is 1. The van der Waals surface area contributed by atoms with Crippen LogP contribution in [0.25, 0.3) is 0 Å². The third kappa shape index (κ3) is 3.13. The van der Waals surface area contributed by atoms with Crippen molar-refractivity contribution in [3.63, 3.8) is 0 Å². The van der Waals surface area contributed by atoms with E-state index in [0.29, 0.717) is 43.6 Å². The van der Waals surface area contributed by atoms with Crippen molar-refractivity contribution in [3.05, 3.63) is 34.6 Å². The zero-order valence-electron chi connectivity index (χ0n) is 20.4. The molecule has 0 aromatic heterocycles. The minimum absolute atomic E-state index is 0.0291. The number of nitrogens with zero attached hydrogens (tertiary/aromatic N) is 1. The van der Waals surface area contributed by atoms with Crippen molar-refractivity contribution < 1.29 is 28.2 Å². The van der Waals surface area contributed by atoms with Crippen LogP contribution in [0.5, 0.6) is 11.5 Å². The second-order valence-corrected chi connectivity index (χ2v) is 15.8. The lowest BCUT2D eigenvalue weighted by Gasteiger charge is -2.40. The zero-order valence-corrected chi connectivity index (χ0v) is 21.4. The minimum Gasteiger partial charge on any atom is -0.546 e. The van der Waals surface area contributed by atoms with Crippen LogP contribution in [-0.2, 0) is 25.2 Å². The first-order chi connectivity index (χ1) is 15.5. The number of carbonyl (C=O) groups is 2. The van der Waals surface area contributed by atoms with Crippen LogP contribution in [0.4, 0.5) is 0 Å². The third-order valence-electron chi connectivity index (χ3n) is 8.37. The Labute approximate surface area is 196 Å². The van der Waals surface area contributed by atoms with E-state index in [9.17, 15) is 9.59 Å². The zero-order chi connectivity index (χ0) is 23.8. The molecule has 7 nitrogen and oxygen atoms in total. The largest absolute Gasteiger partial charge is 0.546 e. The normalized spacial score (nSPS) is 26.1. The van der Waals surface area contributed by atoms with Gasteiger partial charge in [-0.1, -0.05) is 20.8 Å². The van der Waals surface area contributed by atoms with E-state index in [-0.39, 0.29) is 23.7 Å². The molecule has 33 heavy (non-hydrogen) atoms. The summed E-state index contributed by atoms with van der Waals surface area (Å²) < 4.78 is 23.4. The van der Waals surface area contributed by atoms with Gasteiger partial charge >= 0.3 is 5.97 Å². The van der Waals surface area contributed by atoms with Crippen molar-refractivity contribution in [2.75, 3.05) is 20.4 Å². The van der Waals surface area contributed by atoms with E-state index in [1.807, 2.05) is 11.0 Å². The van der Waals surface area contributed by atoms with Gasteiger partial charge in [0.2, 0.25) is 21.0 Å². The highest BCUT2D eigenvalue weighted by Gasteiger charge is 2.62. The Morgan fingerprint density at radius 1 is 1.18 bits per heavy atom. The van der Waals surface area contributed by atoms with E-state index >= 15 is 0 Å². The Balaban J connectivity index is 1.70. The molecule has 5 rings (SSSR count). The predicted molar refractivity (Wildman–Crippen MR) is 125 cm³/mol. The van der Waals surface area contributed by atoms with Crippen molar-refractivity contribution in [1.29, 1.82) is 0 Å². The maximum absolute atomic E-state index is 13.3. The van der Waals surface area contributed by atoms with Gasteiger partial charge in [-0.2, -0.15) is 0 Å². The summed E-state index contributed by atoms with van der Waals surface area (Å²) in [7, 11) is -0.824. The molecule has 8 heteroatoms. The first-order valence-electron chi connectivity index (χ1n) is 11.7. The van der Waals surface area contributed by atoms with Crippen LogP contribution in [0.1, 0.15) is 57.1 Å². The molecule has 0 unspecified atom stereocenters. The van der Waals surface area contributed by atoms with Gasteiger partial charge in [0.1, 0.15) is 0 Å². The lowest BCUT2D eigenvalue weighted by Crippen LogP contribution is -2.51. The van der Waals surface area contributed by atoms with Crippen LogP contribution in [0.3, 0.4) is 0 Å². The standard InChI is InChI=1S/C25H33NO6Si/c1-24(2,3)33(5,6)32-20-13-17-16-12-19-18(30-14-31-19)11-15(16)8-10-26-21(27)7-9-25(17,26)22(20)23(28)29-4/h11-12,17H,7-10,13-14H2,1-6H3/t17-,25+/m0/s1. The molecule has 1 aromatic rings. The number of ether oxygens (including phenoxy) is 3. The van der Waals surface area contributed by atoms with E-state index < -0.39 is 19.8 Å². The summed E-state index contributed by atoms with van der Waals surface area (Å²) in [6, 6.07) is 4.10. The molecule has 0 bridgehead atoms. The van der Waals surface area contributed by atoms with E-state index in [2.05, 4.69) is 39.9 Å². The molecule has 1 spiro atoms. The fourth-order valence-corrected chi connectivity index (χ4v) is 6.80. The van der Waals surface area contributed by atoms with Gasteiger partial charge in [-0.3, -0.25) is 4.79 Å². The molecule has 1 aliphatic carbocycles. The Morgan fingerprint density at radius 3 is 2.55 bits per heavy atom. The number of allylic oxidation sites excluding steroid dienone is 1. The van der Waals surface area contributed by atoms with Crippen molar-refractivity contribution in [2.45, 2.75) is 76.0 Å². The van der Waals surface area contributed by atoms with Crippen LogP contribution < -0.4 is 9.47 Å². The molecule has 0 N–H and O–H groups in total. The van der Waals surface area contributed by atoms with E-state index in [4.69, 9.17) is 18.6 Å². The van der Waals surface area contributed by atoms with Crippen molar-refractivity contribution in [2.24, 2.45) is 0 Å². The van der Waals surface area contributed by atoms with Gasteiger partial charge in [-0.25, -0.2) is 4.79 Å². The number of amides is 1. The fourth-order valence-electron chi connectivity index (χ4n) is 5.69. The molecule has 4 aliphatic rings. The number of hydrogen-bond donors (Lipinski definition) is 0. The predicted octanol–water partition coefficient (Wildman–Crippen LogP) is 4.27. The molecular weight excluding hydrogens is 438 g/mol. The smallest absolute Gasteiger partial charge is 0.339 e. The number of carbonyl (C=O) groups excluding carboxylic acids is 2. The van der Waals surface area contributed by atoms with Gasteiger partial charge in [0.15, 0.2) is 11.5 Å². The molecule has 1 fully saturated rings. The number of hydrogen-bond acceptors (Lipinski definition) is 6. The first kappa shape index (κ1) is 22.3. The molecule has 3 heterocycles. The van der Waals surface area contributed by atoms with Gasteiger partial charge in [-0.05, 0) is 54.2 Å². The number of esters is 1. The van der Waals surface area contributed by atoms with Crippen LogP contribution in [-0.4, -0.2) is 51.1 Å². The van der Waals surface area contributed by atoms with Crippen molar-refractivity contribution in [1.82, 2.24) is 4.90 Å². The van der Waals surface area contributed by atoms with E-state index in [1.165, 1.54) is 7.11 Å². The van der Waals surface area contributed by atoms with Gasteiger partial charge in [0.05, 0.1) is 24.0 Å². The number of benzene rings is 1. The van der Waals surface area contributed by atoms with E-state index in [1.54, 1.807) is 0 Å². The molecule has 2 atom stereocenters. The third-order valence-corrected chi connectivity index (χ3v) is 12.7. The Kier molecular flexibility index (Phi) is 4.91. The van der Waals surface area contributed by atoms with Crippen LogP contribution in [0.15, 0.2) is 23.5 Å². The molecule has 0 saturated carbocycles. The molecule has 3 aliphatic heterocycles. The summed E-state index contributed by atoms with van der Waals surface area (Å²) in [5.74, 6) is 1.76. The highest BCUT2D eigenvalue weighted by molar-refractivity contribution is 6.74. The summed E-state index contributed by atoms with van der Waals surface area (Å²) in [5.41, 5.74) is 2.05. The molecule has 1 aromatic carbocycles. The Bertz CT molecular complexity index is 1070. The lowest BCUT2D eigenvalue weighted by atomic mass is 9.75. The average molecular weight is 472 g/mol. The Morgan fingerprint density at radius 2 is 1.88 bits per heavy atom. The summed E-state index contributed by atoms with van der Waals surface area (Å²) in [6.07, 6.45) is 2.28. The number of fused-ring (bicyclic) bond motifs is 3. The SMILES string of the molecule is COC(=O)C1=C(O[Si](C)(C)C(C)(C)C)C[C@H]2c3cc4c(cc3CCN3C(=O)CC[C@]123)OCO4. The highest BCUT2D eigenvalue weighted by atomic mass is 28.4. The molecule has 1 saturated heterocycles.